The molecule has 0 amide bonds. The monoisotopic (exact) mass is 331 g/mol. The summed E-state index contributed by atoms with van der Waals surface area (Å²) in [5, 5.41) is 9.63. The van der Waals surface area contributed by atoms with Crippen LogP contribution in [0.5, 0.6) is 0 Å². The maximum Gasteiger partial charge on any atom is 0.166 e. The zero-order valence-corrected chi connectivity index (χ0v) is 12.5. The van der Waals surface area contributed by atoms with E-state index in [1.54, 1.807) is 18.7 Å². The third-order valence-electron chi connectivity index (χ3n) is 2.63. The Kier molecular flexibility index (Phi) is 6.07. The molecule has 0 aromatic heterocycles. The SMILES string of the molecule is CCS(=O)(=O)C1CSCCN1CC(O)CBr. The molecule has 0 aliphatic carbocycles. The van der Waals surface area contributed by atoms with E-state index in [2.05, 4.69) is 15.9 Å². The highest BCUT2D eigenvalue weighted by Crippen LogP contribution is 2.21. The van der Waals surface area contributed by atoms with Crippen LogP contribution in [0.3, 0.4) is 0 Å². The van der Waals surface area contributed by atoms with Gasteiger partial charge in [-0.15, -0.1) is 0 Å². The number of β-amino-alcohol motifs (C(OH)–C–C–N with tert-alkyl or cyclic N) is 1. The van der Waals surface area contributed by atoms with Crippen molar-refractivity contribution in [3.05, 3.63) is 0 Å². The molecule has 2 atom stereocenters. The van der Waals surface area contributed by atoms with Crippen molar-refractivity contribution in [1.82, 2.24) is 4.90 Å². The second-order valence-corrected chi connectivity index (χ2v) is 8.03. The zero-order chi connectivity index (χ0) is 12.2. The van der Waals surface area contributed by atoms with E-state index in [1.165, 1.54) is 0 Å². The summed E-state index contributed by atoms with van der Waals surface area (Å²) in [7, 11) is -3.05. The van der Waals surface area contributed by atoms with Crippen molar-refractivity contribution in [2.75, 3.05) is 35.7 Å². The minimum Gasteiger partial charge on any atom is -0.391 e. The maximum absolute atomic E-state index is 11.9. The Morgan fingerprint density at radius 2 is 2.31 bits per heavy atom. The molecule has 0 aromatic rings. The topological polar surface area (TPSA) is 57.6 Å². The summed E-state index contributed by atoms with van der Waals surface area (Å²) in [6.45, 7) is 2.84. The normalized spacial score (nSPS) is 25.6. The second-order valence-electron chi connectivity index (χ2n) is 3.78. The first kappa shape index (κ1) is 14.8. The molecule has 1 N–H and O–H groups in total. The molecule has 16 heavy (non-hydrogen) atoms. The average molecular weight is 332 g/mol. The highest BCUT2D eigenvalue weighted by Gasteiger charge is 2.33. The van der Waals surface area contributed by atoms with Crippen molar-refractivity contribution in [2.45, 2.75) is 18.4 Å². The van der Waals surface area contributed by atoms with Crippen molar-refractivity contribution in [1.29, 1.82) is 0 Å². The van der Waals surface area contributed by atoms with Gasteiger partial charge in [-0.2, -0.15) is 11.8 Å². The molecular formula is C9H18BrNO3S2. The van der Waals surface area contributed by atoms with Crippen LogP contribution in [0.2, 0.25) is 0 Å². The molecule has 0 bridgehead atoms. The fraction of sp³-hybridized carbons (Fsp3) is 1.00. The van der Waals surface area contributed by atoms with Gasteiger partial charge in [-0.3, -0.25) is 4.90 Å². The molecule has 0 saturated carbocycles. The molecule has 4 nitrogen and oxygen atoms in total. The number of halogens is 1. The fourth-order valence-corrected chi connectivity index (χ4v) is 4.96. The Balaban J connectivity index is 2.71. The van der Waals surface area contributed by atoms with Crippen LogP contribution in [0.15, 0.2) is 0 Å². The van der Waals surface area contributed by atoms with Crippen LogP contribution in [0, 0.1) is 0 Å². The summed E-state index contributed by atoms with van der Waals surface area (Å²) in [5.41, 5.74) is 0. The van der Waals surface area contributed by atoms with E-state index in [-0.39, 0.29) is 5.75 Å². The quantitative estimate of drug-likeness (QED) is 0.745. The van der Waals surface area contributed by atoms with Crippen molar-refractivity contribution in [3.63, 3.8) is 0 Å². The first-order valence-electron chi connectivity index (χ1n) is 5.28. The first-order valence-corrected chi connectivity index (χ1v) is 9.27. The van der Waals surface area contributed by atoms with Gasteiger partial charge in [0.15, 0.2) is 9.84 Å². The molecule has 1 aliphatic heterocycles. The van der Waals surface area contributed by atoms with Crippen molar-refractivity contribution in [3.8, 4) is 0 Å². The molecule has 0 radical (unpaired) electrons. The Morgan fingerprint density at radius 3 is 2.88 bits per heavy atom. The number of hydrogen-bond donors (Lipinski definition) is 1. The maximum atomic E-state index is 11.9. The third kappa shape index (κ3) is 3.87. The van der Waals surface area contributed by atoms with Crippen LogP contribution in [-0.4, -0.2) is 65.6 Å². The van der Waals surface area contributed by atoms with Gasteiger partial charge in [-0.05, 0) is 0 Å². The molecule has 0 spiro atoms. The van der Waals surface area contributed by atoms with Gasteiger partial charge in [-0.25, -0.2) is 8.42 Å². The first-order chi connectivity index (χ1) is 7.51. The number of alkyl halides is 1. The molecule has 1 fully saturated rings. The number of nitrogens with zero attached hydrogens (tertiary/aromatic N) is 1. The van der Waals surface area contributed by atoms with Gasteiger partial charge in [-0.1, -0.05) is 22.9 Å². The lowest BCUT2D eigenvalue weighted by Crippen LogP contribution is -2.50. The molecule has 7 heteroatoms. The molecule has 1 rings (SSSR count). The largest absolute Gasteiger partial charge is 0.391 e. The van der Waals surface area contributed by atoms with Crippen LogP contribution in [-0.2, 0) is 9.84 Å². The van der Waals surface area contributed by atoms with Gasteiger partial charge in [0.05, 0.1) is 6.10 Å². The number of aliphatic hydroxyl groups excluding tert-OH is 1. The number of hydrogen-bond acceptors (Lipinski definition) is 5. The predicted molar refractivity (Wildman–Crippen MR) is 71.9 cm³/mol. The fourth-order valence-electron chi connectivity index (χ4n) is 1.67. The lowest BCUT2D eigenvalue weighted by molar-refractivity contribution is 0.129. The number of aliphatic hydroxyl groups is 1. The molecule has 2 unspecified atom stereocenters. The number of sulfone groups is 1. The van der Waals surface area contributed by atoms with Crippen LogP contribution in [0.4, 0.5) is 0 Å². The van der Waals surface area contributed by atoms with E-state index in [9.17, 15) is 13.5 Å². The van der Waals surface area contributed by atoms with E-state index in [0.29, 0.717) is 17.6 Å². The highest BCUT2D eigenvalue weighted by molar-refractivity contribution is 9.09. The van der Waals surface area contributed by atoms with Gasteiger partial charge in [0, 0.05) is 35.7 Å². The van der Waals surface area contributed by atoms with Gasteiger partial charge < -0.3 is 5.11 Å². The Labute approximate surface area is 110 Å². The van der Waals surface area contributed by atoms with E-state index in [0.717, 1.165) is 12.3 Å². The smallest absolute Gasteiger partial charge is 0.166 e. The molecule has 96 valence electrons. The van der Waals surface area contributed by atoms with E-state index in [1.807, 2.05) is 4.90 Å². The lowest BCUT2D eigenvalue weighted by Gasteiger charge is -2.35. The van der Waals surface area contributed by atoms with Crippen LogP contribution in [0.25, 0.3) is 0 Å². The Hall–Kier alpha value is 0.700. The van der Waals surface area contributed by atoms with E-state index >= 15 is 0 Å². The number of rotatable bonds is 5. The minimum absolute atomic E-state index is 0.166. The van der Waals surface area contributed by atoms with Crippen LogP contribution < -0.4 is 0 Å². The molecule has 1 saturated heterocycles. The van der Waals surface area contributed by atoms with Crippen molar-refractivity contribution >= 4 is 37.5 Å². The summed E-state index contributed by atoms with van der Waals surface area (Å²) >= 11 is 4.87. The minimum atomic E-state index is -3.05. The Morgan fingerprint density at radius 1 is 1.62 bits per heavy atom. The molecule has 1 heterocycles. The van der Waals surface area contributed by atoms with Gasteiger partial charge in [0.1, 0.15) is 5.37 Å². The molecular weight excluding hydrogens is 314 g/mol. The highest BCUT2D eigenvalue weighted by atomic mass is 79.9. The van der Waals surface area contributed by atoms with Gasteiger partial charge >= 0.3 is 0 Å². The number of thioether (sulfide) groups is 1. The molecule has 1 aliphatic rings. The molecule has 0 aromatic carbocycles. The van der Waals surface area contributed by atoms with Gasteiger partial charge in [0.2, 0.25) is 0 Å². The van der Waals surface area contributed by atoms with Crippen molar-refractivity contribution in [2.24, 2.45) is 0 Å². The summed E-state index contributed by atoms with van der Waals surface area (Å²) in [6, 6.07) is 0. The summed E-state index contributed by atoms with van der Waals surface area (Å²) < 4.78 is 23.8. The van der Waals surface area contributed by atoms with Gasteiger partial charge in [0.25, 0.3) is 0 Å². The third-order valence-corrected chi connectivity index (χ3v) is 6.71. The average Bonchev–Trinajstić information content (AvgIpc) is 2.29. The van der Waals surface area contributed by atoms with E-state index < -0.39 is 21.3 Å². The standard InChI is InChI=1S/C9H18BrNO3S2/c1-2-16(13,14)9-7-15-4-3-11(9)6-8(12)5-10/h8-9,12H,2-7H2,1H3. The predicted octanol–water partition coefficient (Wildman–Crippen LogP) is 0.552. The summed E-state index contributed by atoms with van der Waals surface area (Å²) in [5.74, 6) is 1.72. The van der Waals surface area contributed by atoms with Crippen LogP contribution in [0.1, 0.15) is 6.92 Å². The summed E-state index contributed by atoms with van der Waals surface area (Å²) in [4.78, 5) is 1.89. The second kappa shape index (κ2) is 6.58. The Bertz CT molecular complexity index is 310. The van der Waals surface area contributed by atoms with Crippen LogP contribution >= 0.6 is 27.7 Å². The zero-order valence-electron chi connectivity index (χ0n) is 9.30. The summed E-state index contributed by atoms with van der Waals surface area (Å²) in [6.07, 6.45) is -0.502. The van der Waals surface area contributed by atoms with Crippen molar-refractivity contribution < 1.29 is 13.5 Å². The lowest BCUT2D eigenvalue weighted by atomic mass is 10.3. The van der Waals surface area contributed by atoms with E-state index in [4.69, 9.17) is 0 Å².